The van der Waals surface area contributed by atoms with Crippen molar-refractivity contribution in [3.05, 3.63) is 29.8 Å². The summed E-state index contributed by atoms with van der Waals surface area (Å²) in [6.45, 7) is 0. The van der Waals surface area contributed by atoms with Gasteiger partial charge in [-0.1, -0.05) is 44.2 Å². The Kier molecular flexibility index (Phi) is 6.38. The molecule has 0 heterocycles. The van der Waals surface area contributed by atoms with Crippen molar-refractivity contribution < 1.29 is 9.84 Å². The number of methoxy groups -OCH3 is 1. The van der Waals surface area contributed by atoms with Gasteiger partial charge in [-0.25, -0.2) is 0 Å². The van der Waals surface area contributed by atoms with Crippen LogP contribution in [0, 0.1) is 5.92 Å². The van der Waals surface area contributed by atoms with Crippen molar-refractivity contribution in [1.29, 1.82) is 0 Å². The molecule has 1 unspecified atom stereocenters. The summed E-state index contributed by atoms with van der Waals surface area (Å²) in [5.74, 6) is 1.77. The van der Waals surface area contributed by atoms with E-state index < -0.39 is 0 Å². The lowest BCUT2D eigenvalue weighted by atomic mass is 9.85. The number of benzene rings is 1. The summed E-state index contributed by atoms with van der Waals surface area (Å²) in [6.07, 6.45) is 10.8. The van der Waals surface area contributed by atoms with E-state index in [-0.39, 0.29) is 6.10 Å². The first kappa shape index (κ1) is 15.4. The van der Waals surface area contributed by atoms with E-state index in [4.69, 9.17) is 4.74 Å². The number of aryl methyl sites for hydroxylation is 1. The minimum atomic E-state index is -0.140. The first-order valence-corrected chi connectivity index (χ1v) is 8.09. The van der Waals surface area contributed by atoms with E-state index >= 15 is 0 Å². The standard InChI is InChI=1S/C18H28O2/c1-20-18-13-9-16(10-14-18)8-12-17(19)11-7-15-5-3-2-4-6-15/h9-10,13-15,17,19H,2-8,11-12H2,1H3. The molecule has 1 atom stereocenters. The summed E-state index contributed by atoms with van der Waals surface area (Å²) < 4.78 is 5.15. The second kappa shape index (κ2) is 8.31. The summed E-state index contributed by atoms with van der Waals surface area (Å²) in [5, 5.41) is 10.1. The Morgan fingerprint density at radius 3 is 2.45 bits per heavy atom. The number of ether oxygens (including phenoxy) is 1. The molecule has 0 bridgehead atoms. The monoisotopic (exact) mass is 276 g/mol. The topological polar surface area (TPSA) is 29.5 Å². The van der Waals surface area contributed by atoms with Gasteiger partial charge >= 0.3 is 0 Å². The highest BCUT2D eigenvalue weighted by Gasteiger charge is 2.15. The Labute approximate surface area is 123 Å². The molecule has 112 valence electrons. The number of hydrogen-bond acceptors (Lipinski definition) is 2. The molecular weight excluding hydrogens is 248 g/mol. The largest absolute Gasteiger partial charge is 0.497 e. The summed E-state index contributed by atoms with van der Waals surface area (Å²) in [7, 11) is 1.68. The third-order valence-corrected chi connectivity index (χ3v) is 4.56. The molecule has 1 aliphatic rings. The quantitative estimate of drug-likeness (QED) is 0.802. The Balaban J connectivity index is 1.64. The molecule has 1 aromatic rings. The summed E-state index contributed by atoms with van der Waals surface area (Å²) in [6, 6.07) is 8.16. The Morgan fingerprint density at radius 2 is 1.80 bits per heavy atom. The van der Waals surface area contributed by atoms with Crippen molar-refractivity contribution >= 4 is 0 Å². The Morgan fingerprint density at radius 1 is 1.10 bits per heavy atom. The Hall–Kier alpha value is -1.02. The maximum atomic E-state index is 10.1. The van der Waals surface area contributed by atoms with Gasteiger partial charge in [0.15, 0.2) is 0 Å². The lowest BCUT2D eigenvalue weighted by Crippen LogP contribution is -2.13. The summed E-state index contributed by atoms with van der Waals surface area (Å²) in [4.78, 5) is 0. The van der Waals surface area contributed by atoms with E-state index in [9.17, 15) is 5.11 Å². The van der Waals surface area contributed by atoms with E-state index in [1.165, 1.54) is 44.1 Å². The average Bonchev–Trinajstić information content (AvgIpc) is 2.52. The smallest absolute Gasteiger partial charge is 0.118 e. The van der Waals surface area contributed by atoms with Gasteiger partial charge in [0.05, 0.1) is 13.2 Å². The number of aliphatic hydroxyl groups is 1. The second-order valence-electron chi connectivity index (χ2n) is 6.12. The Bertz CT molecular complexity index is 366. The van der Waals surface area contributed by atoms with Crippen LogP contribution in [0.2, 0.25) is 0 Å². The van der Waals surface area contributed by atoms with Crippen LogP contribution in [-0.4, -0.2) is 18.3 Å². The van der Waals surface area contributed by atoms with Gasteiger partial charge < -0.3 is 9.84 Å². The predicted octanol–water partition coefficient (Wildman–Crippen LogP) is 4.35. The lowest BCUT2D eigenvalue weighted by molar-refractivity contribution is 0.140. The molecule has 1 fully saturated rings. The molecule has 1 N–H and O–H groups in total. The average molecular weight is 276 g/mol. The fourth-order valence-corrected chi connectivity index (χ4v) is 3.17. The molecule has 0 aliphatic heterocycles. The molecule has 0 saturated heterocycles. The minimum absolute atomic E-state index is 0.140. The maximum absolute atomic E-state index is 10.1. The van der Waals surface area contributed by atoms with Crippen molar-refractivity contribution in [2.75, 3.05) is 7.11 Å². The fraction of sp³-hybridized carbons (Fsp3) is 0.667. The van der Waals surface area contributed by atoms with Crippen LogP contribution in [0.3, 0.4) is 0 Å². The molecule has 0 spiro atoms. The SMILES string of the molecule is COc1ccc(CCC(O)CCC2CCCCC2)cc1. The van der Waals surface area contributed by atoms with Gasteiger partial charge in [0.25, 0.3) is 0 Å². The van der Waals surface area contributed by atoms with E-state index in [1.807, 2.05) is 12.1 Å². The molecule has 0 aromatic heterocycles. The molecule has 2 nitrogen and oxygen atoms in total. The first-order chi connectivity index (χ1) is 9.78. The van der Waals surface area contributed by atoms with E-state index in [2.05, 4.69) is 12.1 Å². The maximum Gasteiger partial charge on any atom is 0.118 e. The van der Waals surface area contributed by atoms with Crippen molar-refractivity contribution in [3.8, 4) is 5.75 Å². The molecule has 1 aliphatic carbocycles. The van der Waals surface area contributed by atoms with Crippen LogP contribution in [0.1, 0.15) is 56.9 Å². The molecule has 2 heteroatoms. The molecule has 0 amide bonds. The summed E-state index contributed by atoms with van der Waals surface area (Å²) >= 11 is 0. The summed E-state index contributed by atoms with van der Waals surface area (Å²) in [5.41, 5.74) is 1.28. The zero-order valence-electron chi connectivity index (χ0n) is 12.7. The van der Waals surface area contributed by atoms with E-state index in [0.29, 0.717) is 0 Å². The molecule has 1 aromatic carbocycles. The second-order valence-corrected chi connectivity index (χ2v) is 6.12. The van der Waals surface area contributed by atoms with Crippen molar-refractivity contribution in [2.24, 2.45) is 5.92 Å². The fourth-order valence-electron chi connectivity index (χ4n) is 3.17. The number of rotatable bonds is 7. The third-order valence-electron chi connectivity index (χ3n) is 4.56. The van der Waals surface area contributed by atoms with Gasteiger partial charge in [0.1, 0.15) is 5.75 Å². The van der Waals surface area contributed by atoms with Crippen molar-refractivity contribution in [3.63, 3.8) is 0 Å². The normalized spacial score (nSPS) is 17.9. The predicted molar refractivity (Wildman–Crippen MR) is 83.1 cm³/mol. The lowest BCUT2D eigenvalue weighted by Gasteiger charge is -2.22. The van der Waals surface area contributed by atoms with Crippen LogP contribution < -0.4 is 4.74 Å². The van der Waals surface area contributed by atoms with Crippen molar-refractivity contribution in [1.82, 2.24) is 0 Å². The van der Waals surface area contributed by atoms with Crippen LogP contribution in [0.25, 0.3) is 0 Å². The van der Waals surface area contributed by atoms with E-state index in [0.717, 1.165) is 30.9 Å². The minimum Gasteiger partial charge on any atom is -0.497 e. The van der Waals surface area contributed by atoms with Gasteiger partial charge in [-0.05, 0) is 49.3 Å². The molecule has 20 heavy (non-hydrogen) atoms. The van der Waals surface area contributed by atoms with Gasteiger partial charge in [-0.2, -0.15) is 0 Å². The highest BCUT2D eigenvalue weighted by molar-refractivity contribution is 5.27. The van der Waals surface area contributed by atoms with Gasteiger partial charge in [0.2, 0.25) is 0 Å². The van der Waals surface area contributed by atoms with Crippen LogP contribution in [0.5, 0.6) is 5.75 Å². The molecular formula is C18H28O2. The van der Waals surface area contributed by atoms with Crippen LogP contribution in [-0.2, 0) is 6.42 Å². The number of aliphatic hydroxyl groups excluding tert-OH is 1. The van der Waals surface area contributed by atoms with Gasteiger partial charge in [-0.3, -0.25) is 0 Å². The third kappa shape index (κ3) is 5.16. The molecule has 2 rings (SSSR count). The first-order valence-electron chi connectivity index (χ1n) is 8.09. The highest BCUT2D eigenvalue weighted by atomic mass is 16.5. The van der Waals surface area contributed by atoms with Gasteiger partial charge in [0, 0.05) is 0 Å². The molecule has 1 saturated carbocycles. The van der Waals surface area contributed by atoms with Crippen LogP contribution >= 0.6 is 0 Å². The van der Waals surface area contributed by atoms with Crippen LogP contribution in [0.15, 0.2) is 24.3 Å². The van der Waals surface area contributed by atoms with Gasteiger partial charge in [-0.15, -0.1) is 0 Å². The zero-order valence-corrected chi connectivity index (χ0v) is 12.7. The molecule has 0 radical (unpaired) electrons. The van der Waals surface area contributed by atoms with E-state index in [1.54, 1.807) is 7.11 Å². The van der Waals surface area contributed by atoms with Crippen molar-refractivity contribution in [2.45, 2.75) is 63.9 Å². The number of hydrogen-bond donors (Lipinski definition) is 1. The zero-order chi connectivity index (χ0) is 14.2. The highest BCUT2D eigenvalue weighted by Crippen LogP contribution is 2.28. The van der Waals surface area contributed by atoms with Crippen LogP contribution in [0.4, 0.5) is 0 Å².